The molecule has 16 heavy (non-hydrogen) atoms. The highest BCUT2D eigenvalue weighted by Gasteiger charge is 2.32. The van der Waals surface area contributed by atoms with Crippen molar-refractivity contribution in [3.8, 4) is 0 Å². The number of amides is 1. The summed E-state index contributed by atoms with van der Waals surface area (Å²) < 4.78 is 1.14. The normalized spacial score (nSPS) is 14.4. The molecule has 0 spiro atoms. The average Bonchev–Trinajstić information content (AvgIpc) is 2.26. The van der Waals surface area contributed by atoms with Gasteiger partial charge in [0.05, 0.1) is 0 Å². The van der Waals surface area contributed by atoms with Crippen molar-refractivity contribution in [2.75, 3.05) is 6.54 Å². The van der Waals surface area contributed by atoms with E-state index >= 15 is 0 Å². The maximum absolute atomic E-state index is 11.6. The molecule has 0 aliphatic carbocycles. The Bertz CT molecular complexity index is 364. The molecule has 0 aromatic heterocycles. The number of nitrogens with one attached hydrogen (secondary N) is 1. The van der Waals surface area contributed by atoms with Gasteiger partial charge < -0.3 is 5.73 Å². The zero-order valence-corrected chi connectivity index (χ0v) is 11.7. The highest BCUT2D eigenvalue weighted by Crippen LogP contribution is 2.21. The van der Waals surface area contributed by atoms with Crippen LogP contribution in [0.25, 0.3) is 0 Å². The first-order valence-electron chi connectivity index (χ1n) is 5.31. The summed E-state index contributed by atoms with van der Waals surface area (Å²) in [5.41, 5.74) is 5.61. The summed E-state index contributed by atoms with van der Waals surface area (Å²) in [5, 5.41) is 3.20. The minimum absolute atomic E-state index is 0.345. The fourth-order valence-electron chi connectivity index (χ4n) is 1.49. The number of hydrogen-bond acceptors (Lipinski definition) is 2. The minimum atomic E-state index is -0.777. The first kappa shape index (κ1) is 13.4. The van der Waals surface area contributed by atoms with Gasteiger partial charge in [-0.1, -0.05) is 19.1 Å². The molecule has 1 aromatic rings. The molecule has 3 N–H and O–H groups in total. The van der Waals surface area contributed by atoms with Gasteiger partial charge in [-0.3, -0.25) is 10.1 Å². The molecule has 0 aliphatic rings. The Morgan fingerprint density at radius 2 is 2.00 bits per heavy atom. The highest BCUT2D eigenvalue weighted by atomic mass is 127. The van der Waals surface area contributed by atoms with E-state index in [2.05, 4.69) is 34.8 Å². The van der Waals surface area contributed by atoms with Crippen molar-refractivity contribution in [3.63, 3.8) is 0 Å². The zero-order chi connectivity index (χ0) is 12.2. The predicted octanol–water partition coefficient (Wildman–Crippen LogP) is 1.99. The van der Waals surface area contributed by atoms with Crippen molar-refractivity contribution in [1.82, 2.24) is 5.32 Å². The molecule has 1 aromatic carbocycles. The number of benzene rings is 1. The Hall–Kier alpha value is -0.620. The standard InChI is InChI=1S/C12H17IN2O/c1-3-8-15-12(2,11(14)16)9-4-6-10(13)7-5-9/h4-7,15H,3,8H2,1-2H3,(H2,14,16). The molecule has 0 saturated carbocycles. The van der Waals surface area contributed by atoms with Crippen molar-refractivity contribution in [1.29, 1.82) is 0 Å². The van der Waals surface area contributed by atoms with Gasteiger partial charge in [-0.15, -0.1) is 0 Å². The first-order valence-corrected chi connectivity index (χ1v) is 6.39. The number of rotatable bonds is 5. The quantitative estimate of drug-likeness (QED) is 0.811. The van der Waals surface area contributed by atoms with E-state index in [0.29, 0.717) is 0 Å². The van der Waals surface area contributed by atoms with Gasteiger partial charge in [0.25, 0.3) is 0 Å². The van der Waals surface area contributed by atoms with E-state index in [1.54, 1.807) is 0 Å². The van der Waals surface area contributed by atoms with Crippen molar-refractivity contribution in [2.24, 2.45) is 5.73 Å². The molecule has 0 radical (unpaired) electrons. The lowest BCUT2D eigenvalue weighted by molar-refractivity contribution is -0.124. The van der Waals surface area contributed by atoms with Gasteiger partial charge >= 0.3 is 0 Å². The Kier molecular flexibility index (Phi) is 4.73. The van der Waals surface area contributed by atoms with E-state index in [1.807, 2.05) is 31.2 Å². The number of hydrogen-bond donors (Lipinski definition) is 2. The second-order valence-corrected chi connectivity index (χ2v) is 5.17. The van der Waals surface area contributed by atoms with Gasteiger partial charge in [-0.2, -0.15) is 0 Å². The third kappa shape index (κ3) is 2.95. The molecular weight excluding hydrogens is 315 g/mol. The van der Waals surface area contributed by atoms with Crippen LogP contribution in [-0.2, 0) is 10.3 Å². The average molecular weight is 332 g/mol. The van der Waals surface area contributed by atoms with Crippen LogP contribution >= 0.6 is 22.6 Å². The molecule has 4 heteroatoms. The fraction of sp³-hybridized carbons (Fsp3) is 0.417. The van der Waals surface area contributed by atoms with E-state index in [0.717, 1.165) is 22.1 Å². The van der Waals surface area contributed by atoms with Crippen LogP contribution in [0.4, 0.5) is 0 Å². The number of nitrogens with two attached hydrogens (primary N) is 1. The van der Waals surface area contributed by atoms with E-state index in [1.165, 1.54) is 0 Å². The highest BCUT2D eigenvalue weighted by molar-refractivity contribution is 14.1. The van der Waals surface area contributed by atoms with Gasteiger partial charge in [0.2, 0.25) is 5.91 Å². The lowest BCUT2D eigenvalue weighted by atomic mass is 9.91. The molecule has 1 atom stereocenters. The van der Waals surface area contributed by atoms with Gasteiger partial charge in [0, 0.05) is 3.57 Å². The van der Waals surface area contributed by atoms with Crippen LogP contribution in [0, 0.1) is 3.57 Å². The molecular formula is C12H17IN2O. The summed E-state index contributed by atoms with van der Waals surface area (Å²) in [7, 11) is 0. The zero-order valence-electron chi connectivity index (χ0n) is 9.59. The van der Waals surface area contributed by atoms with Crippen LogP contribution in [0.15, 0.2) is 24.3 Å². The Balaban J connectivity index is 3.01. The summed E-state index contributed by atoms with van der Waals surface area (Å²) in [4.78, 5) is 11.6. The third-order valence-corrected chi connectivity index (χ3v) is 3.36. The lowest BCUT2D eigenvalue weighted by Gasteiger charge is -2.28. The molecule has 1 amide bonds. The maximum Gasteiger partial charge on any atom is 0.242 e. The van der Waals surface area contributed by atoms with Crippen LogP contribution in [-0.4, -0.2) is 12.5 Å². The maximum atomic E-state index is 11.6. The molecule has 88 valence electrons. The smallest absolute Gasteiger partial charge is 0.242 e. The summed E-state index contributed by atoms with van der Waals surface area (Å²) in [6.45, 7) is 4.65. The Labute approximate surface area is 110 Å². The molecule has 0 saturated heterocycles. The van der Waals surface area contributed by atoms with Crippen molar-refractivity contribution < 1.29 is 4.79 Å². The summed E-state index contributed by atoms with van der Waals surface area (Å²) in [6.07, 6.45) is 0.966. The van der Waals surface area contributed by atoms with E-state index in [4.69, 9.17) is 5.73 Å². The largest absolute Gasteiger partial charge is 0.368 e. The summed E-state index contributed by atoms with van der Waals surface area (Å²) in [5.74, 6) is -0.345. The van der Waals surface area contributed by atoms with Crippen molar-refractivity contribution in [2.45, 2.75) is 25.8 Å². The second-order valence-electron chi connectivity index (χ2n) is 3.92. The van der Waals surface area contributed by atoms with Gasteiger partial charge in [0.15, 0.2) is 0 Å². The minimum Gasteiger partial charge on any atom is -0.368 e. The van der Waals surface area contributed by atoms with Gasteiger partial charge in [-0.25, -0.2) is 0 Å². The number of carbonyl (C=O) groups is 1. The molecule has 3 nitrogen and oxygen atoms in total. The van der Waals surface area contributed by atoms with E-state index in [-0.39, 0.29) is 5.91 Å². The van der Waals surface area contributed by atoms with Crippen LogP contribution in [0.5, 0.6) is 0 Å². The molecule has 0 bridgehead atoms. The van der Waals surface area contributed by atoms with Crippen molar-refractivity contribution in [3.05, 3.63) is 33.4 Å². The monoisotopic (exact) mass is 332 g/mol. The van der Waals surface area contributed by atoms with Gasteiger partial charge in [0.1, 0.15) is 5.54 Å². The SMILES string of the molecule is CCCNC(C)(C(N)=O)c1ccc(I)cc1. The first-order chi connectivity index (χ1) is 7.50. The number of primary amides is 1. The van der Waals surface area contributed by atoms with Crippen LogP contribution in [0.1, 0.15) is 25.8 Å². The lowest BCUT2D eigenvalue weighted by Crippen LogP contribution is -2.50. The van der Waals surface area contributed by atoms with Gasteiger partial charge in [-0.05, 0) is 60.2 Å². The van der Waals surface area contributed by atoms with Crippen LogP contribution < -0.4 is 11.1 Å². The number of halogens is 1. The molecule has 1 unspecified atom stereocenters. The van der Waals surface area contributed by atoms with E-state index < -0.39 is 5.54 Å². The van der Waals surface area contributed by atoms with E-state index in [9.17, 15) is 4.79 Å². The molecule has 1 rings (SSSR count). The topological polar surface area (TPSA) is 55.1 Å². The predicted molar refractivity (Wildman–Crippen MR) is 74.0 cm³/mol. The second kappa shape index (κ2) is 5.63. The third-order valence-electron chi connectivity index (χ3n) is 2.64. The Morgan fingerprint density at radius 1 is 1.44 bits per heavy atom. The Morgan fingerprint density at radius 3 is 2.44 bits per heavy atom. The molecule has 0 aliphatic heterocycles. The van der Waals surface area contributed by atoms with Crippen LogP contribution in [0.3, 0.4) is 0 Å². The molecule has 0 fully saturated rings. The van der Waals surface area contributed by atoms with Crippen molar-refractivity contribution >= 4 is 28.5 Å². The molecule has 0 heterocycles. The summed E-state index contributed by atoms with van der Waals surface area (Å²) >= 11 is 2.23. The fourth-order valence-corrected chi connectivity index (χ4v) is 1.85. The van der Waals surface area contributed by atoms with Crippen LogP contribution in [0.2, 0.25) is 0 Å². The number of carbonyl (C=O) groups excluding carboxylic acids is 1. The summed E-state index contributed by atoms with van der Waals surface area (Å²) in [6, 6.07) is 7.83.